The molecule has 296 valence electrons. The van der Waals surface area contributed by atoms with Crippen molar-refractivity contribution in [2.24, 2.45) is 0 Å². The van der Waals surface area contributed by atoms with Gasteiger partial charge in [0.15, 0.2) is 0 Å². The molecule has 2 saturated heterocycles. The summed E-state index contributed by atoms with van der Waals surface area (Å²) in [7, 11) is 2.33. The molecule has 6 rings (SSSR count). The SMILES string of the molecule is Cc1nc(NC2CCCCC2)nc(N(CN(C)C2CC(C)(C)N(OC3CCCCC3)C(C)(C)C2)C2CC(C)(C)N(OC3CCCCC3)C(C)(C)C2)n1. The summed E-state index contributed by atoms with van der Waals surface area (Å²) in [5.41, 5.74) is -0.486. The Bertz CT molecular complexity index is 1260. The highest BCUT2D eigenvalue weighted by atomic mass is 16.7. The monoisotopic (exact) mass is 725 g/mol. The fourth-order valence-corrected chi connectivity index (χ4v) is 11.0. The van der Waals surface area contributed by atoms with E-state index in [1.807, 2.05) is 6.92 Å². The number of anilines is 2. The number of nitrogens with zero attached hydrogens (tertiary/aromatic N) is 7. The molecule has 0 amide bonds. The van der Waals surface area contributed by atoms with E-state index < -0.39 is 0 Å². The second kappa shape index (κ2) is 16.3. The first-order valence-electron chi connectivity index (χ1n) is 21.4. The lowest BCUT2D eigenvalue weighted by molar-refractivity contribution is -0.314. The number of aryl methyl sites for hydroxylation is 1. The fraction of sp³-hybridized carbons (Fsp3) is 0.929. The third-order valence-electron chi connectivity index (χ3n) is 13.1. The van der Waals surface area contributed by atoms with E-state index >= 15 is 0 Å². The average molecular weight is 725 g/mol. The first-order chi connectivity index (χ1) is 24.5. The molecule has 2 aliphatic heterocycles. The Balaban J connectivity index is 1.26. The van der Waals surface area contributed by atoms with Gasteiger partial charge in [-0.15, -0.1) is 0 Å². The molecule has 3 aliphatic carbocycles. The van der Waals surface area contributed by atoms with Gasteiger partial charge >= 0.3 is 0 Å². The quantitative estimate of drug-likeness (QED) is 0.223. The minimum Gasteiger partial charge on any atom is -0.351 e. The van der Waals surface area contributed by atoms with Gasteiger partial charge in [0.1, 0.15) is 5.82 Å². The van der Waals surface area contributed by atoms with Gasteiger partial charge in [-0.1, -0.05) is 57.8 Å². The van der Waals surface area contributed by atoms with Gasteiger partial charge in [-0.2, -0.15) is 25.1 Å². The predicted octanol–water partition coefficient (Wildman–Crippen LogP) is 9.19. The molecule has 10 nitrogen and oxygen atoms in total. The lowest BCUT2D eigenvalue weighted by atomic mass is 9.77. The zero-order chi connectivity index (χ0) is 37.3. The van der Waals surface area contributed by atoms with Crippen molar-refractivity contribution in [3.05, 3.63) is 5.82 Å². The summed E-state index contributed by atoms with van der Waals surface area (Å²) in [5, 5.41) is 8.51. The van der Waals surface area contributed by atoms with Crippen molar-refractivity contribution in [2.75, 3.05) is 23.9 Å². The molecule has 1 aromatic heterocycles. The molecule has 5 aliphatic rings. The van der Waals surface area contributed by atoms with E-state index in [-0.39, 0.29) is 28.2 Å². The van der Waals surface area contributed by atoms with Crippen molar-refractivity contribution >= 4 is 11.9 Å². The molecule has 1 aromatic rings. The average Bonchev–Trinajstić information content (AvgIpc) is 3.07. The molecule has 0 aromatic carbocycles. The van der Waals surface area contributed by atoms with Gasteiger partial charge in [-0.25, -0.2) is 0 Å². The molecule has 52 heavy (non-hydrogen) atoms. The largest absolute Gasteiger partial charge is 0.351 e. The first-order valence-corrected chi connectivity index (χ1v) is 21.4. The zero-order valence-electron chi connectivity index (χ0n) is 35.0. The standard InChI is InChI=1S/C42H76N8O2/c1-31-43-37(45-32-20-14-11-15-21-32)46-38(44-31)48(34-28-41(6,7)50(42(8,9)29-34)52-36-24-18-13-19-25-36)30-47(10)33-26-39(2,3)49(40(4,5)27-33)51-35-22-16-12-17-23-35/h32-36H,11-30H2,1-10H3,(H,43,44,45,46). The normalized spacial score (nSPS) is 27.2. The molecule has 10 heteroatoms. The van der Waals surface area contributed by atoms with Crippen LogP contribution in [0.3, 0.4) is 0 Å². The first kappa shape index (κ1) is 40.1. The third kappa shape index (κ3) is 9.61. The number of piperidine rings is 2. The van der Waals surface area contributed by atoms with Gasteiger partial charge in [0.25, 0.3) is 0 Å². The van der Waals surface area contributed by atoms with Gasteiger partial charge in [0.2, 0.25) is 11.9 Å². The Kier molecular flexibility index (Phi) is 12.5. The van der Waals surface area contributed by atoms with Crippen LogP contribution in [0.25, 0.3) is 0 Å². The molecule has 0 radical (unpaired) electrons. The lowest BCUT2D eigenvalue weighted by Crippen LogP contribution is -2.67. The number of hydrogen-bond acceptors (Lipinski definition) is 10. The second-order valence-corrected chi connectivity index (χ2v) is 20.0. The van der Waals surface area contributed by atoms with Crippen molar-refractivity contribution in [1.82, 2.24) is 30.0 Å². The highest BCUT2D eigenvalue weighted by Gasteiger charge is 2.51. The minimum absolute atomic E-state index is 0.0877. The van der Waals surface area contributed by atoms with E-state index in [0.717, 1.165) is 50.1 Å². The predicted molar refractivity (Wildman–Crippen MR) is 212 cm³/mol. The summed E-state index contributed by atoms with van der Waals surface area (Å²) in [4.78, 5) is 34.1. The van der Waals surface area contributed by atoms with Crippen LogP contribution in [0.2, 0.25) is 0 Å². The van der Waals surface area contributed by atoms with E-state index in [0.29, 0.717) is 24.3 Å². The van der Waals surface area contributed by atoms with Gasteiger partial charge in [0.05, 0.1) is 18.9 Å². The smallest absolute Gasteiger partial charge is 0.231 e. The summed E-state index contributed by atoms with van der Waals surface area (Å²) in [5.74, 6) is 2.31. The summed E-state index contributed by atoms with van der Waals surface area (Å²) in [6.07, 6.45) is 23.4. The Hall–Kier alpha value is -1.59. The van der Waals surface area contributed by atoms with Crippen LogP contribution in [0.5, 0.6) is 0 Å². The summed E-state index contributed by atoms with van der Waals surface area (Å²) in [6, 6.07) is 1.05. The Morgan fingerprint density at radius 1 is 0.596 bits per heavy atom. The Morgan fingerprint density at radius 2 is 1.02 bits per heavy atom. The molecule has 0 spiro atoms. The van der Waals surface area contributed by atoms with Crippen molar-refractivity contribution in [3.63, 3.8) is 0 Å². The lowest BCUT2D eigenvalue weighted by Gasteiger charge is -2.58. The maximum atomic E-state index is 6.94. The van der Waals surface area contributed by atoms with Crippen molar-refractivity contribution in [3.8, 4) is 0 Å². The fourth-order valence-electron chi connectivity index (χ4n) is 11.0. The molecule has 3 saturated carbocycles. The van der Waals surface area contributed by atoms with Gasteiger partial charge < -0.3 is 10.2 Å². The maximum absolute atomic E-state index is 6.94. The summed E-state index contributed by atoms with van der Waals surface area (Å²) in [6.45, 7) is 21.9. The molecule has 3 heterocycles. The zero-order valence-corrected chi connectivity index (χ0v) is 35.0. The number of hydroxylamine groups is 4. The van der Waals surface area contributed by atoms with E-state index in [2.05, 4.69) is 87.7 Å². The van der Waals surface area contributed by atoms with Crippen molar-refractivity contribution in [2.45, 2.75) is 237 Å². The molecular formula is C42H76N8O2. The van der Waals surface area contributed by atoms with Crippen LogP contribution in [0.15, 0.2) is 0 Å². The van der Waals surface area contributed by atoms with Crippen LogP contribution < -0.4 is 10.2 Å². The number of aromatic nitrogens is 3. The third-order valence-corrected chi connectivity index (χ3v) is 13.1. The van der Waals surface area contributed by atoms with Crippen LogP contribution in [-0.4, -0.2) is 96.2 Å². The summed E-state index contributed by atoms with van der Waals surface area (Å²) >= 11 is 0. The van der Waals surface area contributed by atoms with Crippen LogP contribution >= 0.6 is 0 Å². The van der Waals surface area contributed by atoms with Gasteiger partial charge in [-0.05, 0) is 134 Å². The number of hydrogen-bond donors (Lipinski definition) is 1. The van der Waals surface area contributed by atoms with Gasteiger partial charge in [-0.3, -0.25) is 14.6 Å². The molecule has 5 fully saturated rings. The van der Waals surface area contributed by atoms with Crippen LogP contribution in [0, 0.1) is 6.92 Å². The van der Waals surface area contributed by atoms with Gasteiger partial charge in [0, 0.05) is 40.3 Å². The van der Waals surface area contributed by atoms with E-state index in [1.165, 1.54) is 96.3 Å². The van der Waals surface area contributed by atoms with E-state index in [1.54, 1.807) is 0 Å². The summed E-state index contributed by atoms with van der Waals surface area (Å²) < 4.78 is 0. The minimum atomic E-state index is -0.155. The Labute approximate surface area is 317 Å². The van der Waals surface area contributed by atoms with Crippen LogP contribution in [-0.2, 0) is 9.68 Å². The molecular weight excluding hydrogens is 649 g/mol. The number of nitrogens with one attached hydrogen (secondary N) is 1. The highest BCUT2D eigenvalue weighted by Crippen LogP contribution is 2.45. The van der Waals surface area contributed by atoms with Crippen LogP contribution in [0.1, 0.15) is 183 Å². The molecule has 0 bridgehead atoms. The molecule has 0 atom stereocenters. The molecule has 1 N–H and O–H groups in total. The number of rotatable bonds is 11. The van der Waals surface area contributed by atoms with E-state index in [4.69, 9.17) is 24.6 Å². The van der Waals surface area contributed by atoms with Crippen LogP contribution in [0.4, 0.5) is 11.9 Å². The highest BCUT2D eigenvalue weighted by molar-refractivity contribution is 5.39. The van der Waals surface area contributed by atoms with Crippen molar-refractivity contribution in [1.29, 1.82) is 0 Å². The van der Waals surface area contributed by atoms with Crippen molar-refractivity contribution < 1.29 is 9.68 Å². The topological polar surface area (TPSA) is 82.1 Å². The second-order valence-electron chi connectivity index (χ2n) is 20.0. The van der Waals surface area contributed by atoms with E-state index in [9.17, 15) is 0 Å². The Morgan fingerprint density at radius 3 is 1.48 bits per heavy atom. The maximum Gasteiger partial charge on any atom is 0.231 e. The molecule has 0 unspecified atom stereocenters.